The SMILES string of the molecule is CCc1nc(C(=O)NC(C)CO)nn1-c1ccccc1Cl. The highest BCUT2D eigenvalue weighted by molar-refractivity contribution is 6.32. The van der Waals surface area contributed by atoms with Crippen LogP contribution in [0.1, 0.15) is 30.3 Å². The molecule has 0 aliphatic carbocycles. The van der Waals surface area contributed by atoms with Gasteiger partial charge in [-0.1, -0.05) is 30.7 Å². The Morgan fingerprint density at radius 2 is 2.19 bits per heavy atom. The normalized spacial score (nSPS) is 12.2. The van der Waals surface area contributed by atoms with Crippen LogP contribution < -0.4 is 5.32 Å². The number of hydrogen-bond acceptors (Lipinski definition) is 4. The van der Waals surface area contributed by atoms with Crippen LogP contribution in [0.25, 0.3) is 5.69 Å². The number of benzene rings is 1. The lowest BCUT2D eigenvalue weighted by molar-refractivity contribution is 0.0912. The largest absolute Gasteiger partial charge is 0.394 e. The zero-order valence-electron chi connectivity index (χ0n) is 11.9. The number of nitrogens with zero attached hydrogens (tertiary/aromatic N) is 3. The molecule has 1 aromatic heterocycles. The van der Waals surface area contributed by atoms with E-state index < -0.39 is 5.91 Å². The maximum Gasteiger partial charge on any atom is 0.291 e. The van der Waals surface area contributed by atoms with Gasteiger partial charge in [-0.3, -0.25) is 4.79 Å². The van der Waals surface area contributed by atoms with Crippen molar-refractivity contribution in [1.29, 1.82) is 0 Å². The van der Waals surface area contributed by atoms with Gasteiger partial charge in [0, 0.05) is 12.5 Å². The summed E-state index contributed by atoms with van der Waals surface area (Å²) in [7, 11) is 0. The Bertz CT molecular complexity index is 642. The first-order valence-electron chi connectivity index (χ1n) is 6.69. The lowest BCUT2D eigenvalue weighted by atomic mass is 10.3. The Morgan fingerprint density at radius 3 is 2.81 bits per heavy atom. The maximum absolute atomic E-state index is 12.0. The molecule has 2 aromatic rings. The van der Waals surface area contributed by atoms with E-state index in [4.69, 9.17) is 16.7 Å². The first-order valence-corrected chi connectivity index (χ1v) is 7.07. The van der Waals surface area contributed by atoms with Crippen molar-refractivity contribution in [1.82, 2.24) is 20.1 Å². The van der Waals surface area contributed by atoms with Crippen molar-refractivity contribution in [3.63, 3.8) is 0 Å². The number of aromatic nitrogens is 3. The van der Waals surface area contributed by atoms with E-state index in [1.54, 1.807) is 17.7 Å². The predicted octanol–water partition coefficient (Wildman–Crippen LogP) is 1.59. The summed E-state index contributed by atoms with van der Waals surface area (Å²) in [4.78, 5) is 16.3. The third-order valence-corrected chi connectivity index (χ3v) is 3.25. The summed E-state index contributed by atoms with van der Waals surface area (Å²) in [5.74, 6) is 0.286. The first-order chi connectivity index (χ1) is 10.1. The Kier molecular flexibility index (Phi) is 4.93. The minimum absolute atomic E-state index is 0.0621. The average Bonchev–Trinajstić information content (AvgIpc) is 2.91. The van der Waals surface area contributed by atoms with Crippen molar-refractivity contribution >= 4 is 17.5 Å². The number of hydrogen-bond donors (Lipinski definition) is 2. The summed E-state index contributed by atoms with van der Waals surface area (Å²) in [6.07, 6.45) is 0.612. The molecular weight excluding hydrogens is 292 g/mol. The summed E-state index contributed by atoms with van der Waals surface area (Å²) in [6.45, 7) is 3.48. The van der Waals surface area contributed by atoms with Crippen LogP contribution in [0.4, 0.5) is 0 Å². The topological polar surface area (TPSA) is 80.0 Å². The van der Waals surface area contributed by atoms with E-state index in [9.17, 15) is 4.79 Å². The maximum atomic E-state index is 12.0. The molecule has 1 amide bonds. The molecule has 0 spiro atoms. The van der Waals surface area contributed by atoms with Crippen LogP contribution in [-0.2, 0) is 6.42 Å². The van der Waals surface area contributed by atoms with E-state index in [0.717, 1.165) is 0 Å². The number of nitrogens with one attached hydrogen (secondary N) is 1. The van der Waals surface area contributed by atoms with Gasteiger partial charge in [0.2, 0.25) is 5.82 Å². The molecule has 6 nitrogen and oxygen atoms in total. The molecule has 1 unspecified atom stereocenters. The molecule has 0 aliphatic rings. The summed E-state index contributed by atoms with van der Waals surface area (Å²) in [5, 5.41) is 16.4. The highest BCUT2D eigenvalue weighted by Gasteiger charge is 2.18. The fourth-order valence-corrected chi connectivity index (χ4v) is 2.04. The molecule has 0 aliphatic heterocycles. The van der Waals surface area contributed by atoms with Crippen LogP contribution >= 0.6 is 11.6 Å². The molecule has 1 atom stereocenters. The Morgan fingerprint density at radius 1 is 1.48 bits per heavy atom. The van der Waals surface area contributed by atoms with E-state index in [0.29, 0.717) is 23.0 Å². The third-order valence-electron chi connectivity index (χ3n) is 2.93. The van der Waals surface area contributed by atoms with Crippen LogP contribution in [0.2, 0.25) is 5.02 Å². The van der Waals surface area contributed by atoms with Gasteiger partial charge < -0.3 is 10.4 Å². The van der Waals surface area contributed by atoms with E-state index >= 15 is 0 Å². The fourth-order valence-electron chi connectivity index (χ4n) is 1.82. The zero-order valence-corrected chi connectivity index (χ0v) is 12.6. The second kappa shape index (κ2) is 6.69. The second-order valence-electron chi connectivity index (χ2n) is 4.63. The summed E-state index contributed by atoms with van der Waals surface area (Å²) < 4.78 is 1.57. The van der Waals surface area contributed by atoms with Crippen molar-refractivity contribution in [3.05, 3.63) is 40.9 Å². The minimum Gasteiger partial charge on any atom is -0.394 e. The van der Waals surface area contributed by atoms with Gasteiger partial charge in [-0.25, -0.2) is 9.67 Å². The van der Waals surface area contributed by atoms with Crippen molar-refractivity contribution < 1.29 is 9.90 Å². The van der Waals surface area contributed by atoms with Gasteiger partial charge >= 0.3 is 0 Å². The lowest BCUT2D eigenvalue weighted by Gasteiger charge is -2.08. The number of amides is 1. The molecule has 1 aromatic carbocycles. The summed E-state index contributed by atoms with van der Waals surface area (Å²) >= 11 is 6.16. The van der Waals surface area contributed by atoms with Crippen LogP contribution in [0.15, 0.2) is 24.3 Å². The summed E-state index contributed by atoms with van der Waals surface area (Å²) in [6, 6.07) is 6.88. The predicted molar refractivity (Wildman–Crippen MR) is 79.8 cm³/mol. The number of rotatable bonds is 5. The molecule has 2 rings (SSSR count). The van der Waals surface area contributed by atoms with E-state index in [1.165, 1.54) is 0 Å². The van der Waals surface area contributed by atoms with Crippen LogP contribution in [0.5, 0.6) is 0 Å². The van der Waals surface area contributed by atoms with Crippen molar-refractivity contribution in [2.75, 3.05) is 6.61 Å². The van der Waals surface area contributed by atoms with Gasteiger partial charge in [-0.05, 0) is 19.1 Å². The van der Waals surface area contributed by atoms with Gasteiger partial charge in [0.05, 0.1) is 17.3 Å². The van der Waals surface area contributed by atoms with Crippen molar-refractivity contribution in [2.24, 2.45) is 0 Å². The Labute approximate surface area is 127 Å². The Hall–Kier alpha value is -1.92. The van der Waals surface area contributed by atoms with Gasteiger partial charge in [0.25, 0.3) is 5.91 Å². The van der Waals surface area contributed by atoms with Crippen LogP contribution in [0.3, 0.4) is 0 Å². The molecule has 7 heteroatoms. The van der Waals surface area contributed by atoms with E-state index in [2.05, 4.69) is 15.4 Å². The highest BCUT2D eigenvalue weighted by Crippen LogP contribution is 2.20. The van der Waals surface area contributed by atoms with Crippen LogP contribution in [-0.4, -0.2) is 38.4 Å². The molecular formula is C14H17ClN4O2. The first kappa shape index (κ1) is 15.5. The number of carbonyl (C=O) groups excluding carboxylic acids is 1. The standard InChI is InChI=1S/C14H17ClN4O2/c1-3-12-17-13(14(21)16-9(2)8-20)18-19(12)11-7-5-4-6-10(11)15/h4-7,9,20H,3,8H2,1-2H3,(H,16,21). The molecule has 0 radical (unpaired) electrons. The average molecular weight is 309 g/mol. The van der Waals surface area contributed by atoms with Gasteiger partial charge in [-0.15, -0.1) is 5.10 Å². The number of aryl methyl sites for hydroxylation is 1. The smallest absolute Gasteiger partial charge is 0.291 e. The number of aliphatic hydroxyl groups is 1. The third kappa shape index (κ3) is 3.40. The number of halogens is 1. The number of aliphatic hydroxyl groups excluding tert-OH is 1. The zero-order chi connectivity index (χ0) is 15.4. The van der Waals surface area contributed by atoms with Gasteiger partial charge in [-0.2, -0.15) is 0 Å². The highest BCUT2D eigenvalue weighted by atomic mass is 35.5. The van der Waals surface area contributed by atoms with Gasteiger partial charge in [0.15, 0.2) is 0 Å². The molecule has 0 saturated carbocycles. The van der Waals surface area contributed by atoms with Crippen LogP contribution in [0, 0.1) is 0 Å². The molecule has 21 heavy (non-hydrogen) atoms. The number of carbonyl (C=O) groups is 1. The fraction of sp³-hybridized carbons (Fsp3) is 0.357. The van der Waals surface area contributed by atoms with E-state index in [1.807, 2.05) is 25.1 Å². The minimum atomic E-state index is -0.419. The second-order valence-corrected chi connectivity index (χ2v) is 5.03. The van der Waals surface area contributed by atoms with E-state index in [-0.39, 0.29) is 18.5 Å². The molecule has 1 heterocycles. The molecule has 112 valence electrons. The van der Waals surface area contributed by atoms with Crippen molar-refractivity contribution in [2.45, 2.75) is 26.3 Å². The van der Waals surface area contributed by atoms with Crippen molar-refractivity contribution in [3.8, 4) is 5.69 Å². The molecule has 0 fully saturated rings. The molecule has 0 saturated heterocycles. The molecule has 2 N–H and O–H groups in total. The quantitative estimate of drug-likeness (QED) is 0.879. The monoisotopic (exact) mass is 308 g/mol. The molecule has 0 bridgehead atoms. The lowest BCUT2D eigenvalue weighted by Crippen LogP contribution is -2.35. The van der Waals surface area contributed by atoms with Gasteiger partial charge in [0.1, 0.15) is 5.82 Å². The summed E-state index contributed by atoms with van der Waals surface area (Å²) in [5.41, 5.74) is 0.678. The number of para-hydroxylation sites is 1. The Balaban J connectivity index is 2.36.